The summed E-state index contributed by atoms with van der Waals surface area (Å²) < 4.78 is 5.36. The van der Waals surface area contributed by atoms with Gasteiger partial charge in [0, 0.05) is 6.07 Å². The average molecular weight is 304 g/mol. The van der Waals surface area contributed by atoms with Gasteiger partial charge >= 0.3 is 5.97 Å². The second kappa shape index (κ2) is 5.74. The number of carbonyl (C=O) groups is 1. The van der Waals surface area contributed by atoms with Gasteiger partial charge in [0.1, 0.15) is 4.47 Å². The quantitative estimate of drug-likeness (QED) is 0.666. The molecule has 1 aromatic rings. The summed E-state index contributed by atoms with van der Waals surface area (Å²) in [6.07, 6.45) is -0.957. The number of hydrogen-bond acceptors (Lipinski definition) is 4. The third kappa shape index (κ3) is 3.50. The van der Waals surface area contributed by atoms with Crippen LogP contribution in [-0.2, 0) is 16.1 Å². The molecule has 1 N–H and O–H groups in total. The Kier molecular flexibility index (Phi) is 4.59. The average Bonchev–Trinajstić information content (AvgIpc) is 2.26. The molecule has 1 atom stereocenters. The van der Waals surface area contributed by atoms with Crippen LogP contribution in [-0.4, -0.2) is 22.1 Å². The van der Waals surface area contributed by atoms with Crippen molar-refractivity contribution < 1.29 is 19.6 Å². The Bertz CT molecular complexity index is 448. The van der Waals surface area contributed by atoms with E-state index in [0.717, 1.165) is 0 Å². The highest BCUT2D eigenvalue weighted by atomic mass is 79.9. The summed E-state index contributed by atoms with van der Waals surface area (Å²) in [6.45, 7) is 1.39. The number of nitro benzene ring substituents is 1. The van der Waals surface area contributed by atoms with E-state index in [1.54, 1.807) is 6.07 Å². The van der Waals surface area contributed by atoms with Crippen LogP contribution >= 0.6 is 15.9 Å². The Labute approximate surface area is 105 Å². The van der Waals surface area contributed by atoms with Crippen molar-refractivity contribution in [1.29, 1.82) is 0 Å². The Hall–Kier alpha value is -1.47. The lowest BCUT2D eigenvalue weighted by Gasteiger charge is -2.09. The first kappa shape index (κ1) is 13.6. The van der Waals surface area contributed by atoms with E-state index in [0.29, 0.717) is 10.0 Å². The fraction of sp³-hybridized carbons (Fsp3) is 0.300. The number of carboxylic acids is 1. The van der Waals surface area contributed by atoms with E-state index in [2.05, 4.69) is 15.9 Å². The SMILES string of the molecule is C[C@H](OCc1cccc([N+](=O)[O-])c1Br)C(=O)O. The smallest absolute Gasteiger partial charge is 0.332 e. The van der Waals surface area contributed by atoms with Crippen LogP contribution in [0.25, 0.3) is 0 Å². The minimum Gasteiger partial charge on any atom is -0.479 e. The topological polar surface area (TPSA) is 89.7 Å². The molecule has 0 aromatic heterocycles. The third-order valence-corrected chi connectivity index (χ3v) is 3.01. The molecule has 0 amide bonds. The molecule has 0 fully saturated rings. The summed E-state index contributed by atoms with van der Waals surface area (Å²) in [5.74, 6) is -1.08. The normalized spacial score (nSPS) is 12.1. The molecule has 92 valence electrons. The van der Waals surface area contributed by atoms with Crippen LogP contribution in [0.15, 0.2) is 22.7 Å². The van der Waals surface area contributed by atoms with Crippen molar-refractivity contribution in [3.63, 3.8) is 0 Å². The lowest BCUT2D eigenvalue weighted by molar-refractivity contribution is -0.385. The van der Waals surface area contributed by atoms with E-state index >= 15 is 0 Å². The number of benzene rings is 1. The van der Waals surface area contributed by atoms with Crippen molar-refractivity contribution in [3.05, 3.63) is 38.3 Å². The van der Waals surface area contributed by atoms with Crippen molar-refractivity contribution in [3.8, 4) is 0 Å². The van der Waals surface area contributed by atoms with Gasteiger partial charge in [0.15, 0.2) is 6.10 Å². The fourth-order valence-corrected chi connectivity index (χ4v) is 1.63. The first-order valence-corrected chi connectivity index (χ1v) is 5.49. The largest absolute Gasteiger partial charge is 0.479 e. The van der Waals surface area contributed by atoms with Gasteiger partial charge in [-0.1, -0.05) is 12.1 Å². The molecule has 0 heterocycles. The first-order valence-electron chi connectivity index (χ1n) is 4.69. The molecule has 0 aliphatic heterocycles. The van der Waals surface area contributed by atoms with Crippen molar-refractivity contribution in [2.75, 3.05) is 0 Å². The maximum absolute atomic E-state index is 10.7. The van der Waals surface area contributed by atoms with Crippen LogP contribution in [0.2, 0.25) is 0 Å². The highest BCUT2D eigenvalue weighted by Crippen LogP contribution is 2.28. The molecule has 1 aromatic carbocycles. The van der Waals surface area contributed by atoms with Crippen molar-refractivity contribution in [2.45, 2.75) is 19.6 Å². The zero-order valence-corrected chi connectivity index (χ0v) is 10.5. The Morgan fingerprint density at radius 1 is 1.65 bits per heavy atom. The highest BCUT2D eigenvalue weighted by molar-refractivity contribution is 9.10. The predicted octanol–water partition coefficient (Wildman–Crippen LogP) is 2.35. The lowest BCUT2D eigenvalue weighted by atomic mass is 10.2. The molecule has 0 spiro atoms. The molecule has 1 rings (SSSR count). The zero-order chi connectivity index (χ0) is 13.0. The summed E-state index contributed by atoms with van der Waals surface area (Å²) in [4.78, 5) is 20.7. The molecule has 6 nitrogen and oxygen atoms in total. The molecule has 0 saturated heterocycles. The number of aliphatic carboxylic acids is 1. The van der Waals surface area contributed by atoms with Gasteiger partial charge in [0.2, 0.25) is 0 Å². The molecule has 0 aliphatic carbocycles. The van der Waals surface area contributed by atoms with Crippen LogP contribution in [0, 0.1) is 10.1 Å². The third-order valence-electron chi connectivity index (χ3n) is 2.09. The zero-order valence-electron chi connectivity index (χ0n) is 8.92. The standard InChI is InChI=1S/C10H10BrNO5/c1-6(10(13)14)17-5-7-3-2-4-8(9(7)11)12(15)16/h2-4,6H,5H2,1H3,(H,13,14)/t6-/m0/s1. The summed E-state index contributed by atoms with van der Waals surface area (Å²) in [5.41, 5.74) is 0.460. The first-order chi connectivity index (χ1) is 7.93. The minimum absolute atomic E-state index is 0.00424. The molecule has 0 aliphatic rings. The maximum Gasteiger partial charge on any atom is 0.332 e. The van der Waals surface area contributed by atoms with Crippen LogP contribution < -0.4 is 0 Å². The molecule has 7 heteroatoms. The van der Waals surface area contributed by atoms with Gasteiger partial charge in [0.05, 0.1) is 11.5 Å². The Morgan fingerprint density at radius 2 is 2.29 bits per heavy atom. The van der Waals surface area contributed by atoms with E-state index < -0.39 is 17.0 Å². The fourth-order valence-electron chi connectivity index (χ4n) is 1.10. The number of nitro groups is 1. The molecule has 0 saturated carbocycles. The maximum atomic E-state index is 10.7. The van der Waals surface area contributed by atoms with Gasteiger partial charge in [-0.15, -0.1) is 0 Å². The minimum atomic E-state index is -1.08. The summed E-state index contributed by atoms with van der Waals surface area (Å²) in [7, 11) is 0. The summed E-state index contributed by atoms with van der Waals surface area (Å²) >= 11 is 3.10. The Balaban J connectivity index is 2.82. The molecular formula is C10H10BrNO5. The summed E-state index contributed by atoms with van der Waals surface area (Å²) in [5, 5.41) is 19.3. The molecule has 0 radical (unpaired) electrons. The second-order valence-electron chi connectivity index (χ2n) is 3.30. The predicted molar refractivity (Wildman–Crippen MR) is 62.7 cm³/mol. The molecular weight excluding hydrogens is 294 g/mol. The molecule has 0 unspecified atom stereocenters. The van der Waals surface area contributed by atoms with Crippen LogP contribution in [0.1, 0.15) is 12.5 Å². The van der Waals surface area contributed by atoms with E-state index in [1.165, 1.54) is 19.1 Å². The number of rotatable bonds is 5. The lowest BCUT2D eigenvalue weighted by Crippen LogP contribution is -2.19. The summed E-state index contributed by atoms with van der Waals surface area (Å²) in [6, 6.07) is 4.51. The highest BCUT2D eigenvalue weighted by Gasteiger charge is 2.17. The van der Waals surface area contributed by atoms with Gasteiger partial charge < -0.3 is 9.84 Å². The number of carboxylic acid groups (broad SMARTS) is 1. The molecule has 17 heavy (non-hydrogen) atoms. The van der Waals surface area contributed by atoms with E-state index in [4.69, 9.17) is 9.84 Å². The number of ether oxygens (including phenoxy) is 1. The van der Waals surface area contributed by atoms with Crippen LogP contribution in [0.4, 0.5) is 5.69 Å². The van der Waals surface area contributed by atoms with Crippen LogP contribution in [0.3, 0.4) is 0 Å². The van der Waals surface area contributed by atoms with Crippen molar-refractivity contribution in [1.82, 2.24) is 0 Å². The van der Waals surface area contributed by atoms with Crippen LogP contribution in [0.5, 0.6) is 0 Å². The monoisotopic (exact) mass is 303 g/mol. The van der Waals surface area contributed by atoms with Crippen molar-refractivity contribution >= 4 is 27.6 Å². The van der Waals surface area contributed by atoms with Gasteiger partial charge in [0.25, 0.3) is 5.69 Å². The van der Waals surface area contributed by atoms with E-state index in [9.17, 15) is 14.9 Å². The van der Waals surface area contributed by atoms with Gasteiger partial charge in [-0.25, -0.2) is 4.79 Å². The molecule has 0 bridgehead atoms. The second-order valence-corrected chi connectivity index (χ2v) is 4.09. The van der Waals surface area contributed by atoms with Gasteiger partial charge in [-0.05, 0) is 28.4 Å². The number of nitrogens with zero attached hydrogens (tertiary/aromatic N) is 1. The van der Waals surface area contributed by atoms with E-state index in [1.807, 2.05) is 0 Å². The Morgan fingerprint density at radius 3 is 2.82 bits per heavy atom. The van der Waals surface area contributed by atoms with Crippen molar-refractivity contribution in [2.24, 2.45) is 0 Å². The van der Waals surface area contributed by atoms with E-state index in [-0.39, 0.29) is 12.3 Å². The number of hydrogen-bond donors (Lipinski definition) is 1. The number of halogens is 1. The van der Waals surface area contributed by atoms with Gasteiger partial charge in [-0.3, -0.25) is 10.1 Å². The van der Waals surface area contributed by atoms with Gasteiger partial charge in [-0.2, -0.15) is 0 Å².